The highest BCUT2D eigenvalue weighted by Crippen LogP contribution is 2.30. The monoisotopic (exact) mass is 356 g/mol. The number of fused-ring (bicyclic) bond motifs is 1. The van der Waals surface area contributed by atoms with Gasteiger partial charge in [0, 0.05) is 4.90 Å². The quantitative estimate of drug-likeness (QED) is 0.648. The Morgan fingerprint density at radius 3 is 2.58 bits per heavy atom. The highest BCUT2D eigenvalue weighted by molar-refractivity contribution is 8.00. The maximum atomic E-state index is 12.2. The summed E-state index contributed by atoms with van der Waals surface area (Å²) in [5.41, 5.74) is 5.78. The first-order valence-electron chi connectivity index (χ1n) is 7.80. The van der Waals surface area contributed by atoms with Crippen molar-refractivity contribution in [2.45, 2.75) is 32.6 Å². The van der Waals surface area contributed by atoms with Gasteiger partial charge >= 0.3 is 0 Å². The molecule has 0 spiro atoms. The van der Waals surface area contributed by atoms with Crippen LogP contribution in [0, 0.1) is 27.7 Å². The molecule has 3 rings (SSSR count). The van der Waals surface area contributed by atoms with Crippen LogP contribution in [0.2, 0.25) is 0 Å². The van der Waals surface area contributed by atoms with E-state index in [1.165, 1.54) is 28.0 Å². The van der Waals surface area contributed by atoms with Gasteiger partial charge in [-0.15, -0.1) is 11.8 Å². The third-order valence-electron chi connectivity index (χ3n) is 3.77. The predicted molar refractivity (Wildman–Crippen MR) is 104 cm³/mol. The zero-order valence-corrected chi connectivity index (χ0v) is 15.9. The maximum Gasteiger partial charge on any atom is 0.236 e. The van der Waals surface area contributed by atoms with Gasteiger partial charge in [-0.05, 0) is 56.5 Å². The van der Waals surface area contributed by atoms with Crippen LogP contribution in [0.15, 0.2) is 35.2 Å². The molecule has 0 unspecified atom stereocenters. The molecule has 0 atom stereocenters. The second kappa shape index (κ2) is 6.95. The third kappa shape index (κ3) is 3.79. The fourth-order valence-corrected chi connectivity index (χ4v) is 4.55. The van der Waals surface area contributed by atoms with Gasteiger partial charge in [-0.2, -0.15) is 0 Å². The van der Waals surface area contributed by atoms with Crippen molar-refractivity contribution < 1.29 is 4.79 Å². The van der Waals surface area contributed by atoms with E-state index in [0.717, 1.165) is 20.7 Å². The number of amides is 1. The van der Waals surface area contributed by atoms with E-state index in [0.29, 0.717) is 10.9 Å². The molecule has 124 valence electrons. The van der Waals surface area contributed by atoms with Gasteiger partial charge in [0.1, 0.15) is 0 Å². The molecule has 0 saturated carbocycles. The Morgan fingerprint density at radius 1 is 1.08 bits per heavy atom. The van der Waals surface area contributed by atoms with Crippen molar-refractivity contribution in [1.82, 2.24) is 4.98 Å². The number of carbonyl (C=O) groups excluding carboxylic acids is 1. The van der Waals surface area contributed by atoms with Crippen molar-refractivity contribution in [2.24, 2.45) is 0 Å². The van der Waals surface area contributed by atoms with Gasteiger partial charge in [-0.3, -0.25) is 4.79 Å². The Bertz CT molecular complexity index is 915. The van der Waals surface area contributed by atoms with Crippen LogP contribution in [0.5, 0.6) is 0 Å². The second-order valence-corrected chi connectivity index (χ2v) is 8.10. The normalized spacial score (nSPS) is 11.0. The molecule has 1 aromatic heterocycles. The number of hydrogen-bond donors (Lipinski definition) is 1. The zero-order chi connectivity index (χ0) is 17.3. The lowest BCUT2D eigenvalue weighted by atomic mass is 10.1. The number of thioether (sulfide) groups is 1. The highest BCUT2D eigenvalue weighted by Gasteiger charge is 2.11. The van der Waals surface area contributed by atoms with E-state index in [-0.39, 0.29) is 5.91 Å². The molecule has 0 fully saturated rings. The number of anilines is 1. The van der Waals surface area contributed by atoms with Crippen molar-refractivity contribution in [3.05, 3.63) is 52.6 Å². The molecule has 5 heteroatoms. The van der Waals surface area contributed by atoms with Crippen LogP contribution in [-0.2, 0) is 4.79 Å². The van der Waals surface area contributed by atoms with E-state index in [1.807, 2.05) is 0 Å². The molecule has 24 heavy (non-hydrogen) atoms. The smallest absolute Gasteiger partial charge is 0.236 e. The van der Waals surface area contributed by atoms with E-state index < -0.39 is 0 Å². The minimum absolute atomic E-state index is 0.0200. The van der Waals surface area contributed by atoms with Gasteiger partial charge in [-0.25, -0.2) is 4.98 Å². The molecule has 0 aliphatic rings. The van der Waals surface area contributed by atoms with Crippen LogP contribution in [0.1, 0.15) is 22.3 Å². The molecule has 0 radical (unpaired) electrons. The van der Waals surface area contributed by atoms with E-state index in [1.54, 1.807) is 11.8 Å². The topological polar surface area (TPSA) is 42.0 Å². The molecular weight excluding hydrogens is 336 g/mol. The Morgan fingerprint density at radius 2 is 1.83 bits per heavy atom. The van der Waals surface area contributed by atoms with E-state index in [9.17, 15) is 4.79 Å². The number of thiazole rings is 1. The minimum atomic E-state index is -0.0200. The van der Waals surface area contributed by atoms with Gasteiger partial charge in [0.05, 0.1) is 16.0 Å². The summed E-state index contributed by atoms with van der Waals surface area (Å²) >= 11 is 3.09. The summed E-state index contributed by atoms with van der Waals surface area (Å²) < 4.78 is 1.12. The summed E-state index contributed by atoms with van der Waals surface area (Å²) in [6.45, 7) is 8.28. The number of nitrogens with zero attached hydrogens (tertiary/aromatic N) is 1. The average molecular weight is 357 g/mol. The first-order valence-corrected chi connectivity index (χ1v) is 9.60. The molecule has 1 amide bonds. The van der Waals surface area contributed by atoms with Crippen LogP contribution in [0.25, 0.3) is 10.2 Å². The van der Waals surface area contributed by atoms with Crippen LogP contribution in [0.3, 0.4) is 0 Å². The Labute approximate surface area is 150 Å². The number of aromatic nitrogens is 1. The summed E-state index contributed by atoms with van der Waals surface area (Å²) in [7, 11) is 0. The number of aryl methyl sites for hydroxylation is 4. The third-order valence-corrected chi connectivity index (χ3v) is 5.86. The molecule has 0 aliphatic heterocycles. The number of carbonyl (C=O) groups is 1. The Hall–Kier alpha value is -1.85. The molecule has 1 heterocycles. The first kappa shape index (κ1) is 17.0. The molecule has 0 aliphatic carbocycles. The fourth-order valence-electron chi connectivity index (χ4n) is 2.68. The van der Waals surface area contributed by atoms with Crippen molar-refractivity contribution in [1.29, 1.82) is 0 Å². The number of benzene rings is 2. The number of rotatable bonds is 4. The van der Waals surface area contributed by atoms with Gasteiger partial charge < -0.3 is 5.32 Å². The predicted octanol–water partition coefficient (Wildman–Crippen LogP) is 5.26. The van der Waals surface area contributed by atoms with Crippen molar-refractivity contribution in [2.75, 3.05) is 11.1 Å². The number of hydrogen-bond acceptors (Lipinski definition) is 4. The summed E-state index contributed by atoms with van der Waals surface area (Å²) in [6.07, 6.45) is 0. The largest absolute Gasteiger partial charge is 0.301 e. The molecule has 0 bridgehead atoms. The maximum absolute atomic E-state index is 12.2. The van der Waals surface area contributed by atoms with Crippen LogP contribution in [0.4, 0.5) is 5.13 Å². The second-order valence-electron chi connectivity index (χ2n) is 6.05. The fraction of sp³-hybridized carbons (Fsp3) is 0.263. The summed E-state index contributed by atoms with van der Waals surface area (Å²) in [5, 5.41) is 3.60. The molecular formula is C19H20N2OS2. The zero-order valence-electron chi connectivity index (χ0n) is 14.3. The summed E-state index contributed by atoms with van der Waals surface area (Å²) in [6, 6.07) is 10.5. The van der Waals surface area contributed by atoms with Gasteiger partial charge in [0.2, 0.25) is 5.91 Å². The summed E-state index contributed by atoms with van der Waals surface area (Å²) in [5.74, 6) is 0.367. The molecule has 3 nitrogen and oxygen atoms in total. The van der Waals surface area contributed by atoms with Gasteiger partial charge in [0.15, 0.2) is 5.13 Å². The Kier molecular flexibility index (Phi) is 4.92. The minimum Gasteiger partial charge on any atom is -0.301 e. The van der Waals surface area contributed by atoms with Crippen LogP contribution < -0.4 is 5.32 Å². The SMILES string of the molecule is Cc1ccc(SCC(=O)Nc2nc3c(C)cc(C)cc3s2)c(C)c1. The lowest BCUT2D eigenvalue weighted by Crippen LogP contribution is -2.13. The lowest BCUT2D eigenvalue weighted by Gasteiger charge is -2.06. The molecule has 3 aromatic rings. The highest BCUT2D eigenvalue weighted by atomic mass is 32.2. The van der Waals surface area contributed by atoms with E-state index in [2.05, 4.69) is 68.3 Å². The van der Waals surface area contributed by atoms with Crippen molar-refractivity contribution in [3.8, 4) is 0 Å². The standard InChI is InChI=1S/C19H20N2OS2/c1-11-5-6-15(13(3)7-11)23-10-17(22)20-19-21-18-14(4)8-12(2)9-16(18)24-19/h5-9H,10H2,1-4H3,(H,20,21,22). The van der Waals surface area contributed by atoms with Crippen molar-refractivity contribution in [3.63, 3.8) is 0 Å². The number of nitrogens with one attached hydrogen (secondary N) is 1. The lowest BCUT2D eigenvalue weighted by molar-refractivity contribution is -0.113. The molecule has 2 aromatic carbocycles. The van der Waals surface area contributed by atoms with Crippen LogP contribution >= 0.6 is 23.1 Å². The van der Waals surface area contributed by atoms with Crippen molar-refractivity contribution >= 4 is 44.4 Å². The molecule has 0 saturated heterocycles. The van der Waals surface area contributed by atoms with E-state index in [4.69, 9.17) is 0 Å². The first-order chi connectivity index (χ1) is 11.4. The average Bonchev–Trinajstić information content (AvgIpc) is 2.89. The van der Waals surface area contributed by atoms with Gasteiger partial charge in [0.25, 0.3) is 0 Å². The van der Waals surface area contributed by atoms with E-state index >= 15 is 0 Å². The Balaban J connectivity index is 1.67. The molecule has 1 N–H and O–H groups in total. The summed E-state index contributed by atoms with van der Waals surface area (Å²) in [4.78, 5) is 17.9. The van der Waals surface area contributed by atoms with Gasteiger partial charge in [-0.1, -0.05) is 35.1 Å². The van der Waals surface area contributed by atoms with Crippen LogP contribution in [-0.4, -0.2) is 16.6 Å².